The molecule has 2 fully saturated rings. The van der Waals surface area contributed by atoms with Gasteiger partial charge in [0.15, 0.2) is 0 Å². The summed E-state index contributed by atoms with van der Waals surface area (Å²) in [6.45, 7) is 5.14. The highest BCUT2D eigenvalue weighted by atomic mass is 32.1. The second kappa shape index (κ2) is 8.62. The fourth-order valence-corrected chi connectivity index (χ4v) is 5.58. The van der Waals surface area contributed by atoms with E-state index in [1.165, 1.54) is 56.5 Å². The monoisotopic (exact) mass is 399 g/mol. The number of hydrogen-bond donors (Lipinski definition) is 1. The van der Waals surface area contributed by atoms with E-state index in [-0.39, 0.29) is 5.91 Å². The topological polar surface area (TPSA) is 54.5 Å². The summed E-state index contributed by atoms with van der Waals surface area (Å²) < 4.78 is 5.30. The number of carbonyl (C=O) groups is 1. The van der Waals surface area contributed by atoms with Crippen LogP contribution in [0.25, 0.3) is 10.6 Å². The molecular formula is C22H29N3O2S. The van der Waals surface area contributed by atoms with Crippen LogP contribution < -0.4 is 10.1 Å². The maximum atomic E-state index is 12.9. The van der Waals surface area contributed by atoms with E-state index in [2.05, 4.69) is 15.2 Å². The number of benzene rings is 1. The number of carbonyl (C=O) groups excluding carboxylic acids is 1. The van der Waals surface area contributed by atoms with Gasteiger partial charge in [-0.25, -0.2) is 4.98 Å². The lowest BCUT2D eigenvalue weighted by atomic mass is 9.83. The lowest BCUT2D eigenvalue weighted by molar-refractivity contribution is 0.0576. The third-order valence-electron chi connectivity index (χ3n) is 6.07. The Morgan fingerprint density at radius 1 is 1.29 bits per heavy atom. The average molecular weight is 400 g/mol. The van der Waals surface area contributed by atoms with E-state index < -0.39 is 0 Å². The first-order valence-corrected chi connectivity index (χ1v) is 11.1. The van der Waals surface area contributed by atoms with Crippen LogP contribution in [-0.4, -0.2) is 48.6 Å². The van der Waals surface area contributed by atoms with Crippen molar-refractivity contribution in [3.8, 4) is 16.3 Å². The summed E-state index contributed by atoms with van der Waals surface area (Å²) in [5.74, 6) is 1.38. The first-order valence-electron chi connectivity index (χ1n) is 10.3. The third kappa shape index (κ3) is 4.08. The van der Waals surface area contributed by atoms with Gasteiger partial charge in [0.25, 0.3) is 5.91 Å². The predicted molar refractivity (Wildman–Crippen MR) is 113 cm³/mol. The maximum absolute atomic E-state index is 12.9. The largest absolute Gasteiger partial charge is 0.497 e. The molecule has 0 radical (unpaired) electrons. The van der Waals surface area contributed by atoms with E-state index in [1.54, 1.807) is 7.11 Å². The van der Waals surface area contributed by atoms with Gasteiger partial charge in [0.05, 0.1) is 12.8 Å². The molecule has 1 aromatic carbocycles. The quantitative estimate of drug-likeness (QED) is 0.822. The van der Waals surface area contributed by atoms with Crippen molar-refractivity contribution in [1.82, 2.24) is 15.2 Å². The van der Waals surface area contributed by atoms with Gasteiger partial charge in [0, 0.05) is 18.2 Å². The molecular weight excluding hydrogens is 370 g/mol. The van der Waals surface area contributed by atoms with E-state index in [9.17, 15) is 4.79 Å². The van der Waals surface area contributed by atoms with Gasteiger partial charge < -0.3 is 15.0 Å². The van der Waals surface area contributed by atoms with Gasteiger partial charge in [-0.05, 0) is 63.7 Å². The number of aromatic nitrogens is 1. The van der Waals surface area contributed by atoms with Crippen LogP contribution in [0.3, 0.4) is 0 Å². The van der Waals surface area contributed by atoms with Crippen LogP contribution >= 0.6 is 11.3 Å². The van der Waals surface area contributed by atoms with Crippen LogP contribution in [0.4, 0.5) is 0 Å². The van der Waals surface area contributed by atoms with E-state index in [0.717, 1.165) is 28.6 Å². The fraction of sp³-hybridized carbons (Fsp3) is 0.545. The molecule has 4 rings (SSSR count). The molecule has 1 amide bonds. The second-order valence-electron chi connectivity index (χ2n) is 7.88. The standard InChI is InChI=1S/C22H29N3O2S/c1-15-20(28-22(24-15)16-7-5-9-18(13-16)27-2)21(26)23-14-17-8-6-12-25-11-4-3-10-19(17)25/h5,7,9,13,17,19H,3-4,6,8,10-12,14H2,1-2H3,(H,23,26)/t17-,19-/m0/s1. The number of methoxy groups -OCH3 is 1. The van der Waals surface area contributed by atoms with Gasteiger partial charge in [-0.3, -0.25) is 4.79 Å². The van der Waals surface area contributed by atoms with Gasteiger partial charge in [-0.15, -0.1) is 11.3 Å². The highest BCUT2D eigenvalue weighted by molar-refractivity contribution is 7.17. The van der Waals surface area contributed by atoms with Gasteiger partial charge in [-0.1, -0.05) is 18.6 Å². The molecule has 0 bridgehead atoms. The number of nitrogens with one attached hydrogen (secondary N) is 1. The minimum atomic E-state index is 0.0112. The predicted octanol–water partition coefficient (Wildman–Crippen LogP) is 4.12. The summed E-state index contributed by atoms with van der Waals surface area (Å²) in [4.78, 5) is 20.8. The van der Waals surface area contributed by atoms with Crippen LogP contribution in [0.1, 0.15) is 47.5 Å². The first kappa shape index (κ1) is 19.4. The first-order chi connectivity index (χ1) is 13.7. The van der Waals surface area contributed by atoms with Gasteiger partial charge >= 0.3 is 0 Å². The van der Waals surface area contributed by atoms with E-state index in [4.69, 9.17) is 4.74 Å². The SMILES string of the molecule is COc1cccc(-c2nc(C)c(C(=O)NC[C@@H]3CCCN4CCCC[C@@H]34)s2)c1. The maximum Gasteiger partial charge on any atom is 0.263 e. The van der Waals surface area contributed by atoms with Crippen molar-refractivity contribution >= 4 is 17.2 Å². The Morgan fingerprint density at radius 3 is 3.00 bits per heavy atom. The Morgan fingerprint density at radius 2 is 2.14 bits per heavy atom. The van der Waals surface area contributed by atoms with Gasteiger partial charge in [-0.2, -0.15) is 0 Å². The van der Waals surface area contributed by atoms with Gasteiger partial charge in [0.1, 0.15) is 15.6 Å². The minimum absolute atomic E-state index is 0.0112. The molecule has 2 aromatic rings. The molecule has 150 valence electrons. The average Bonchev–Trinajstić information content (AvgIpc) is 3.14. The molecule has 3 heterocycles. The van der Waals surface area contributed by atoms with Crippen LogP contribution in [0.15, 0.2) is 24.3 Å². The number of aryl methyl sites for hydroxylation is 1. The van der Waals surface area contributed by atoms with Crippen molar-refractivity contribution in [1.29, 1.82) is 0 Å². The van der Waals surface area contributed by atoms with E-state index in [1.807, 2.05) is 31.2 Å². The van der Waals surface area contributed by atoms with Crippen LogP contribution in [-0.2, 0) is 0 Å². The van der Waals surface area contributed by atoms with Crippen molar-refractivity contribution in [2.45, 2.75) is 45.1 Å². The Bertz CT molecular complexity index is 833. The number of nitrogens with zero attached hydrogens (tertiary/aromatic N) is 2. The molecule has 0 spiro atoms. The number of ether oxygens (including phenoxy) is 1. The molecule has 2 saturated heterocycles. The molecule has 2 aliphatic rings. The Balaban J connectivity index is 1.43. The van der Waals surface area contributed by atoms with Crippen LogP contribution in [0.2, 0.25) is 0 Å². The molecule has 2 atom stereocenters. The highest BCUT2D eigenvalue weighted by Gasteiger charge is 2.33. The normalized spacial score (nSPS) is 22.5. The van der Waals surface area contributed by atoms with Gasteiger partial charge in [0.2, 0.25) is 0 Å². The van der Waals surface area contributed by atoms with Crippen molar-refractivity contribution in [2.75, 3.05) is 26.7 Å². The number of piperidine rings is 2. The van der Waals surface area contributed by atoms with Crippen molar-refractivity contribution < 1.29 is 9.53 Å². The summed E-state index contributed by atoms with van der Waals surface area (Å²) in [7, 11) is 1.66. The second-order valence-corrected chi connectivity index (χ2v) is 8.88. The third-order valence-corrected chi connectivity index (χ3v) is 7.28. The van der Waals surface area contributed by atoms with Crippen LogP contribution in [0, 0.1) is 12.8 Å². The zero-order chi connectivity index (χ0) is 19.5. The number of thiazole rings is 1. The molecule has 0 saturated carbocycles. The van der Waals surface area contributed by atoms with E-state index >= 15 is 0 Å². The Hall–Kier alpha value is -1.92. The van der Waals surface area contributed by atoms with E-state index in [0.29, 0.717) is 16.8 Å². The number of rotatable bonds is 5. The summed E-state index contributed by atoms with van der Waals surface area (Å²) in [5.41, 5.74) is 1.78. The minimum Gasteiger partial charge on any atom is -0.497 e. The summed E-state index contributed by atoms with van der Waals surface area (Å²) in [6.07, 6.45) is 6.39. The zero-order valence-electron chi connectivity index (χ0n) is 16.7. The summed E-state index contributed by atoms with van der Waals surface area (Å²) in [6, 6.07) is 8.47. The Labute approximate surface area is 171 Å². The molecule has 1 N–H and O–H groups in total. The number of amides is 1. The molecule has 6 heteroatoms. The lowest BCUT2D eigenvalue weighted by Crippen LogP contribution is -2.50. The number of fused-ring (bicyclic) bond motifs is 1. The highest BCUT2D eigenvalue weighted by Crippen LogP contribution is 2.32. The van der Waals surface area contributed by atoms with Crippen molar-refractivity contribution in [2.24, 2.45) is 5.92 Å². The molecule has 0 unspecified atom stereocenters. The van der Waals surface area contributed by atoms with Crippen LogP contribution in [0.5, 0.6) is 5.75 Å². The molecule has 28 heavy (non-hydrogen) atoms. The summed E-state index contributed by atoms with van der Waals surface area (Å²) >= 11 is 1.46. The fourth-order valence-electron chi connectivity index (χ4n) is 4.61. The van der Waals surface area contributed by atoms with Crippen molar-refractivity contribution in [3.05, 3.63) is 34.8 Å². The zero-order valence-corrected chi connectivity index (χ0v) is 17.6. The Kier molecular flexibility index (Phi) is 5.97. The lowest BCUT2D eigenvalue weighted by Gasteiger charge is -2.44. The smallest absolute Gasteiger partial charge is 0.263 e. The molecule has 5 nitrogen and oxygen atoms in total. The summed E-state index contributed by atoms with van der Waals surface area (Å²) in [5, 5.41) is 4.07. The van der Waals surface area contributed by atoms with Crippen molar-refractivity contribution in [3.63, 3.8) is 0 Å². The molecule has 0 aliphatic carbocycles. The number of hydrogen-bond acceptors (Lipinski definition) is 5. The molecule has 1 aromatic heterocycles. The molecule has 2 aliphatic heterocycles.